The minimum Gasteiger partial charge on any atom is -0.352 e. The molecule has 0 radical (unpaired) electrons. The Kier molecular flexibility index (Phi) is 4.85. The van der Waals surface area contributed by atoms with Crippen LogP contribution in [0.3, 0.4) is 0 Å². The standard InChI is InChI=1S/C17H20ClN5O/c1-12-6-7-16(21-20-12)22-8-10-23(11-9-22)17(24)19-15-5-3-4-14(18)13(15)2/h3-7H,8-11H2,1-2H3,(H,19,24). The van der Waals surface area contributed by atoms with Crippen LogP contribution in [0.15, 0.2) is 30.3 Å². The van der Waals surface area contributed by atoms with Gasteiger partial charge in [-0.1, -0.05) is 17.7 Å². The van der Waals surface area contributed by atoms with Gasteiger partial charge in [0.25, 0.3) is 0 Å². The Morgan fingerprint density at radius 2 is 1.83 bits per heavy atom. The van der Waals surface area contributed by atoms with Crippen molar-refractivity contribution < 1.29 is 4.79 Å². The topological polar surface area (TPSA) is 61.4 Å². The van der Waals surface area contributed by atoms with Gasteiger partial charge in [-0.3, -0.25) is 0 Å². The molecule has 2 aromatic rings. The summed E-state index contributed by atoms with van der Waals surface area (Å²) in [6.07, 6.45) is 0. The molecule has 0 unspecified atom stereocenters. The molecule has 1 aromatic carbocycles. The fraction of sp³-hybridized carbons (Fsp3) is 0.353. The Morgan fingerprint density at radius 3 is 2.50 bits per heavy atom. The van der Waals surface area contributed by atoms with Crippen LogP contribution in [0.4, 0.5) is 16.3 Å². The zero-order chi connectivity index (χ0) is 17.1. The Morgan fingerprint density at radius 1 is 1.08 bits per heavy atom. The van der Waals surface area contributed by atoms with Gasteiger partial charge < -0.3 is 15.1 Å². The number of nitrogens with zero attached hydrogens (tertiary/aromatic N) is 4. The number of piperazine rings is 1. The van der Waals surface area contributed by atoms with E-state index >= 15 is 0 Å². The molecule has 2 heterocycles. The number of anilines is 2. The van der Waals surface area contributed by atoms with E-state index in [0.29, 0.717) is 18.1 Å². The highest BCUT2D eigenvalue weighted by Gasteiger charge is 2.22. The Balaban J connectivity index is 1.59. The van der Waals surface area contributed by atoms with Crippen LogP contribution in [-0.4, -0.2) is 47.3 Å². The SMILES string of the molecule is Cc1ccc(N2CCN(C(=O)Nc3cccc(Cl)c3C)CC2)nn1. The van der Waals surface area contributed by atoms with E-state index in [1.54, 1.807) is 4.90 Å². The van der Waals surface area contributed by atoms with Crippen LogP contribution in [0.1, 0.15) is 11.3 Å². The number of aryl methyl sites for hydroxylation is 1. The average molecular weight is 346 g/mol. The molecule has 24 heavy (non-hydrogen) atoms. The van der Waals surface area contributed by atoms with Gasteiger partial charge in [-0.05, 0) is 43.7 Å². The average Bonchev–Trinajstić information content (AvgIpc) is 2.60. The third-order valence-electron chi connectivity index (χ3n) is 4.18. The maximum Gasteiger partial charge on any atom is 0.321 e. The van der Waals surface area contributed by atoms with Crippen molar-refractivity contribution in [1.82, 2.24) is 15.1 Å². The molecule has 0 spiro atoms. The maximum absolute atomic E-state index is 12.4. The van der Waals surface area contributed by atoms with E-state index in [0.717, 1.165) is 35.9 Å². The molecule has 1 N–H and O–H groups in total. The van der Waals surface area contributed by atoms with Crippen molar-refractivity contribution in [3.8, 4) is 0 Å². The van der Waals surface area contributed by atoms with Gasteiger partial charge in [0, 0.05) is 36.9 Å². The fourth-order valence-electron chi connectivity index (χ4n) is 2.64. The summed E-state index contributed by atoms with van der Waals surface area (Å²) in [5.41, 5.74) is 2.52. The number of carbonyl (C=O) groups is 1. The minimum absolute atomic E-state index is 0.102. The summed E-state index contributed by atoms with van der Waals surface area (Å²) in [6, 6.07) is 9.32. The van der Waals surface area contributed by atoms with Gasteiger partial charge in [0.15, 0.2) is 5.82 Å². The molecule has 1 aromatic heterocycles. The number of hydrogen-bond acceptors (Lipinski definition) is 4. The van der Waals surface area contributed by atoms with Crippen LogP contribution in [0.25, 0.3) is 0 Å². The molecule has 2 amide bonds. The summed E-state index contributed by atoms with van der Waals surface area (Å²) < 4.78 is 0. The van der Waals surface area contributed by atoms with Crippen LogP contribution in [0, 0.1) is 13.8 Å². The molecule has 1 aliphatic heterocycles. The van der Waals surface area contributed by atoms with E-state index in [9.17, 15) is 4.79 Å². The van der Waals surface area contributed by atoms with Crippen molar-refractivity contribution in [2.45, 2.75) is 13.8 Å². The molecule has 0 aliphatic carbocycles. The molecule has 126 valence electrons. The summed E-state index contributed by atoms with van der Waals surface area (Å²) in [5, 5.41) is 11.9. The van der Waals surface area contributed by atoms with E-state index in [-0.39, 0.29) is 6.03 Å². The van der Waals surface area contributed by atoms with Crippen LogP contribution >= 0.6 is 11.6 Å². The Hall–Kier alpha value is -2.34. The molecule has 0 bridgehead atoms. The zero-order valence-corrected chi connectivity index (χ0v) is 14.5. The Labute approximate surface area is 146 Å². The fourth-order valence-corrected chi connectivity index (χ4v) is 2.81. The van der Waals surface area contributed by atoms with Crippen molar-refractivity contribution in [3.63, 3.8) is 0 Å². The van der Waals surface area contributed by atoms with Crippen molar-refractivity contribution in [3.05, 3.63) is 46.6 Å². The lowest BCUT2D eigenvalue weighted by atomic mass is 10.2. The van der Waals surface area contributed by atoms with Crippen LogP contribution < -0.4 is 10.2 Å². The second-order valence-electron chi connectivity index (χ2n) is 5.85. The lowest BCUT2D eigenvalue weighted by molar-refractivity contribution is 0.208. The largest absolute Gasteiger partial charge is 0.352 e. The van der Waals surface area contributed by atoms with Crippen molar-refractivity contribution >= 4 is 29.1 Å². The van der Waals surface area contributed by atoms with Gasteiger partial charge in [0.1, 0.15) is 0 Å². The summed E-state index contributed by atoms with van der Waals surface area (Å²) in [5.74, 6) is 0.853. The van der Waals surface area contributed by atoms with Crippen LogP contribution in [0.5, 0.6) is 0 Å². The van der Waals surface area contributed by atoms with Crippen molar-refractivity contribution in [1.29, 1.82) is 0 Å². The van der Waals surface area contributed by atoms with Gasteiger partial charge in [0.05, 0.1) is 5.69 Å². The smallest absolute Gasteiger partial charge is 0.321 e. The van der Waals surface area contributed by atoms with Crippen LogP contribution in [0.2, 0.25) is 5.02 Å². The minimum atomic E-state index is -0.102. The molecule has 1 aliphatic rings. The number of nitrogens with one attached hydrogen (secondary N) is 1. The number of hydrogen-bond donors (Lipinski definition) is 1. The van der Waals surface area contributed by atoms with E-state index in [2.05, 4.69) is 20.4 Å². The number of rotatable bonds is 2. The highest BCUT2D eigenvalue weighted by molar-refractivity contribution is 6.31. The summed E-state index contributed by atoms with van der Waals surface area (Å²) in [7, 11) is 0. The lowest BCUT2D eigenvalue weighted by Crippen LogP contribution is -2.50. The molecular weight excluding hydrogens is 326 g/mol. The maximum atomic E-state index is 12.4. The first-order valence-corrected chi connectivity index (χ1v) is 8.29. The molecule has 7 heteroatoms. The predicted octanol–water partition coefficient (Wildman–Crippen LogP) is 3.10. The molecule has 3 rings (SSSR count). The highest BCUT2D eigenvalue weighted by atomic mass is 35.5. The first kappa shape index (κ1) is 16.5. The third-order valence-corrected chi connectivity index (χ3v) is 4.59. The Bertz CT molecular complexity index is 726. The van der Waals surface area contributed by atoms with E-state index in [1.165, 1.54) is 0 Å². The normalized spacial score (nSPS) is 14.6. The summed E-state index contributed by atoms with van der Waals surface area (Å²) in [4.78, 5) is 16.4. The molecule has 0 saturated carbocycles. The molecule has 6 nitrogen and oxygen atoms in total. The quantitative estimate of drug-likeness (QED) is 0.908. The number of amides is 2. The number of benzene rings is 1. The van der Waals surface area contributed by atoms with Gasteiger partial charge in [0.2, 0.25) is 0 Å². The van der Waals surface area contributed by atoms with E-state index < -0.39 is 0 Å². The van der Waals surface area contributed by atoms with Gasteiger partial charge >= 0.3 is 6.03 Å². The first-order chi connectivity index (χ1) is 11.5. The third kappa shape index (κ3) is 3.59. The summed E-state index contributed by atoms with van der Waals surface area (Å²) >= 11 is 6.10. The number of carbonyl (C=O) groups excluding carboxylic acids is 1. The zero-order valence-electron chi connectivity index (χ0n) is 13.8. The molecule has 1 saturated heterocycles. The van der Waals surface area contributed by atoms with Gasteiger partial charge in [-0.2, -0.15) is 5.10 Å². The van der Waals surface area contributed by atoms with E-state index in [4.69, 9.17) is 11.6 Å². The molecular formula is C17H20ClN5O. The predicted molar refractivity (Wildman–Crippen MR) is 95.8 cm³/mol. The van der Waals surface area contributed by atoms with E-state index in [1.807, 2.05) is 44.2 Å². The van der Waals surface area contributed by atoms with Gasteiger partial charge in [-0.25, -0.2) is 4.79 Å². The number of aromatic nitrogens is 2. The van der Waals surface area contributed by atoms with Gasteiger partial charge in [-0.15, -0.1) is 5.10 Å². The second-order valence-corrected chi connectivity index (χ2v) is 6.26. The van der Waals surface area contributed by atoms with Crippen molar-refractivity contribution in [2.75, 3.05) is 36.4 Å². The summed E-state index contributed by atoms with van der Waals surface area (Å²) in [6.45, 7) is 6.56. The molecule has 0 atom stereocenters. The molecule has 1 fully saturated rings. The lowest BCUT2D eigenvalue weighted by Gasteiger charge is -2.35. The first-order valence-electron chi connectivity index (χ1n) is 7.91. The monoisotopic (exact) mass is 345 g/mol. The second kappa shape index (κ2) is 7.05. The van der Waals surface area contributed by atoms with Crippen molar-refractivity contribution in [2.24, 2.45) is 0 Å². The number of urea groups is 1. The number of halogens is 1. The highest BCUT2D eigenvalue weighted by Crippen LogP contribution is 2.23. The van der Waals surface area contributed by atoms with Crippen LogP contribution in [-0.2, 0) is 0 Å².